The van der Waals surface area contributed by atoms with Crippen molar-refractivity contribution < 1.29 is 0 Å². The van der Waals surface area contributed by atoms with E-state index in [0.717, 1.165) is 5.41 Å². The average Bonchev–Trinajstić information content (AvgIpc) is 2.99. The first-order chi connectivity index (χ1) is 6.88. The molecular formula is C13H17N. The van der Waals surface area contributed by atoms with Gasteiger partial charge < -0.3 is 5.32 Å². The van der Waals surface area contributed by atoms with E-state index in [1.54, 1.807) is 0 Å². The van der Waals surface area contributed by atoms with Gasteiger partial charge in [-0.25, -0.2) is 0 Å². The van der Waals surface area contributed by atoms with Gasteiger partial charge in [0.05, 0.1) is 0 Å². The molecule has 1 spiro atoms. The molecule has 1 heteroatoms. The lowest BCUT2D eigenvalue weighted by atomic mass is 9.86. The van der Waals surface area contributed by atoms with Gasteiger partial charge in [0.1, 0.15) is 0 Å². The standard InChI is InChI=1S/C13H17N/c1-2-4-11(5-3-1)12-10-13(6-7-13)8-9-14-12/h1-5,12,14H,6-10H2. The summed E-state index contributed by atoms with van der Waals surface area (Å²) in [6.45, 7) is 1.21. The molecule has 1 unspecified atom stereocenters. The highest BCUT2D eigenvalue weighted by Gasteiger charge is 2.45. The molecule has 1 nitrogen and oxygen atoms in total. The molecule has 3 rings (SSSR count). The highest BCUT2D eigenvalue weighted by molar-refractivity contribution is 5.21. The maximum absolute atomic E-state index is 3.63. The van der Waals surface area contributed by atoms with Gasteiger partial charge in [-0.3, -0.25) is 0 Å². The van der Waals surface area contributed by atoms with E-state index in [1.807, 2.05) is 0 Å². The number of piperidine rings is 1. The van der Waals surface area contributed by atoms with Gasteiger partial charge in [0.25, 0.3) is 0 Å². The summed E-state index contributed by atoms with van der Waals surface area (Å²) in [5.74, 6) is 0. The third-order valence-electron chi connectivity index (χ3n) is 3.84. The normalized spacial score (nSPS) is 29.0. The summed E-state index contributed by atoms with van der Waals surface area (Å²) in [6, 6.07) is 11.5. The Bertz CT molecular complexity index is 313. The Morgan fingerprint density at radius 1 is 1.07 bits per heavy atom. The average molecular weight is 187 g/mol. The fourth-order valence-electron chi connectivity index (χ4n) is 2.67. The van der Waals surface area contributed by atoms with Crippen LogP contribution in [0.15, 0.2) is 30.3 Å². The Balaban J connectivity index is 1.79. The summed E-state index contributed by atoms with van der Waals surface area (Å²) in [4.78, 5) is 0. The topological polar surface area (TPSA) is 12.0 Å². The minimum Gasteiger partial charge on any atom is -0.310 e. The van der Waals surface area contributed by atoms with Gasteiger partial charge in [-0.1, -0.05) is 30.3 Å². The molecule has 0 radical (unpaired) electrons. The van der Waals surface area contributed by atoms with Gasteiger partial charge in [0, 0.05) is 6.04 Å². The molecule has 1 N–H and O–H groups in total. The van der Waals surface area contributed by atoms with E-state index >= 15 is 0 Å². The van der Waals surface area contributed by atoms with Gasteiger partial charge in [-0.05, 0) is 43.2 Å². The summed E-state index contributed by atoms with van der Waals surface area (Å²) < 4.78 is 0. The zero-order valence-corrected chi connectivity index (χ0v) is 8.50. The Labute approximate surface area is 85.5 Å². The lowest BCUT2D eigenvalue weighted by Gasteiger charge is -2.30. The van der Waals surface area contributed by atoms with Crippen LogP contribution < -0.4 is 5.32 Å². The molecule has 0 amide bonds. The van der Waals surface area contributed by atoms with Gasteiger partial charge in [0.2, 0.25) is 0 Å². The quantitative estimate of drug-likeness (QED) is 0.713. The van der Waals surface area contributed by atoms with Crippen LogP contribution in [0.4, 0.5) is 0 Å². The lowest BCUT2D eigenvalue weighted by molar-refractivity contribution is 0.286. The van der Waals surface area contributed by atoms with Crippen LogP contribution in [-0.2, 0) is 0 Å². The van der Waals surface area contributed by atoms with Crippen molar-refractivity contribution in [3.8, 4) is 0 Å². The number of hydrogen-bond donors (Lipinski definition) is 1. The van der Waals surface area contributed by atoms with Crippen LogP contribution in [0, 0.1) is 5.41 Å². The maximum Gasteiger partial charge on any atom is 0.0325 e. The fraction of sp³-hybridized carbons (Fsp3) is 0.538. The van der Waals surface area contributed by atoms with Gasteiger partial charge >= 0.3 is 0 Å². The van der Waals surface area contributed by atoms with Crippen molar-refractivity contribution in [2.24, 2.45) is 5.41 Å². The first kappa shape index (κ1) is 8.49. The van der Waals surface area contributed by atoms with Crippen molar-refractivity contribution in [2.45, 2.75) is 31.7 Å². The second-order valence-electron chi connectivity index (χ2n) is 4.87. The SMILES string of the molecule is c1ccc(C2CC3(CCN2)CC3)cc1. The van der Waals surface area contributed by atoms with Gasteiger partial charge in [0.15, 0.2) is 0 Å². The van der Waals surface area contributed by atoms with Crippen molar-refractivity contribution in [3.05, 3.63) is 35.9 Å². The summed E-state index contributed by atoms with van der Waals surface area (Å²) in [5.41, 5.74) is 2.21. The highest BCUT2D eigenvalue weighted by atomic mass is 14.9. The third kappa shape index (κ3) is 1.46. The first-order valence-electron chi connectivity index (χ1n) is 5.66. The van der Waals surface area contributed by atoms with Crippen molar-refractivity contribution >= 4 is 0 Å². The summed E-state index contributed by atoms with van der Waals surface area (Å²) >= 11 is 0. The van der Waals surface area contributed by atoms with Crippen molar-refractivity contribution in [1.29, 1.82) is 0 Å². The van der Waals surface area contributed by atoms with Crippen molar-refractivity contribution in [2.75, 3.05) is 6.54 Å². The van der Waals surface area contributed by atoms with E-state index < -0.39 is 0 Å². The van der Waals surface area contributed by atoms with Gasteiger partial charge in [-0.2, -0.15) is 0 Å². The molecule has 1 saturated carbocycles. The van der Waals surface area contributed by atoms with Crippen molar-refractivity contribution in [1.82, 2.24) is 5.32 Å². The molecule has 1 aliphatic heterocycles. The maximum atomic E-state index is 3.63. The summed E-state index contributed by atoms with van der Waals surface area (Å²) in [5, 5.41) is 3.63. The molecule has 1 atom stereocenters. The Morgan fingerprint density at radius 3 is 2.57 bits per heavy atom. The molecule has 1 saturated heterocycles. The number of rotatable bonds is 1. The van der Waals surface area contributed by atoms with Crippen molar-refractivity contribution in [3.63, 3.8) is 0 Å². The molecule has 1 aromatic carbocycles. The van der Waals surface area contributed by atoms with Crippen LogP contribution in [0.2, 0.25) is 0 Å². The van der Waals surface area contributed by atoms with Crippen LogP contribution in [0.5, 0.6) is 0 Å². The van der Waals surface area contributed by atoms with Gasteiger partial charge in [-0.15, -0.1) is 0 Å². The fourth-order valence-corrected chi connectivity index (χ4v) is 2.67. The number of benzene rings is 1. The van der Waals surface area contributed by atoms with Crippen LogP contribution in [0.25, 0.3) is 0 Å². The molecule has 2 aliphatic rings. The van der Waals surface area contributed by atoms with E-state index in [9.17, 15) is 0 Å². The molecule has 2 fully saturated rings. The van der Waals surface area contributed by atoms with E-state index in [4.69, 9.17) is 0 Å². The zero-order chi connectivity index (χ0) is 9.43. The largest absolute Gasteiger partial charge is 0.310 e. The molecule has 1 aliphatic carbocycles. The molecule has 14 heavy (non-hydrogen) atoms. The molecule has 0 aromatic heterocycles. The molecule has 0 bridgehead atoms. The first-order valence-corrected chi connectivity index (χ1v) is 5.66. The molecule has 74 valence electrons. The lowest BCUT2D eigenvalue weighted by Crippen LogP contribution is -2.32. The van der Waals surface area contributed by atoms with E-state index in [-0.39, 0.29) is 0 Å². The molecular weight excluding hydrogens is 170 g/mol. The van der Waals surface area contributed by atoms with Crippen LogP contribution in [-0.4, -0.2) is 6.54 Å². The molecule has 1 heterocycles. The smallest absolute Gasteiger partial charge is 0.0325 e. The third-order valence-corrected chi connectivity index (χ3v) is 3.84. The minimum atomic E-state index is 0.618. The van der Waals surface area contributed by atoms with Crippen LogP contribution in [0.3, 0.4) is 0 Å². The van der Waals surface area contributed by atoms with Crippen LogP contribution >= 0.6 is 0 Å². The second-order valence-corrected chi connectivity index (χ2v) is 4.87. The van der Waals surface area contributed by atoms with Crippen LogP contribution in [0.1, 0.15) is 37.3 Å². The minimum absolute atomic E-state index is 0.618. The number of nitrogens with one attached hydrogen (secondary N) is 1. The highest BCUT2D eigenvalue weighted by Crippen LogP contribution is 2.55. The second kappa shape index (κ2) is 3.09. The molecule has 1 aromatic rings. The van der Waals surface area contributed by atoms with E-state index in [1.165, 1.54) is 37.8 Å². The summed E-state index contributed by atoms with van der Waals surface area (Å²) in [6.07, 6.45) is 5.70. The Morgan fingerprint density at radius 2 is 1.86 bits per heavy atom. The van der Waals surface area contributed by atoms with E-state index in [2.05, 4.69) is 35.6 Å². The monoisotopic (exact) mass is 187 g/mol. The van der Waals surface area contributed by atoms with E-state index in [0.29, 0.717) is 6.04 Å². The number of hydrogen-bond acceptors (Lipinski definition) is 1. The zero-order valence-electron chi connectivity index (χ0n) is 8.50. The predicted molar refractivity (Wildman–Crippen MR) is 58.1 cm³/mol. The summed E-state index contributed by atoms with van der Waals surface area (Å²) in [7, 11) is 0. The predicted octanol–water partition coefficient (Wildman–Crippen LogP) is 2.89. The Kier molecular flexibility index (Phi) is 1.88. The Hall–Kier alpha value is -0.820.